The highest BCUT2D eigenvalue weighted by molar-refractivity contribution is 8.00. The quantitative estimate of drug-likeness (QED) is 0.476. The molecule has 0 aromatic heterocycles. The molecule has 0 bridgehead atoms. The highest BCUT2D eigenvalue weighted by Gasteiger charge is 2.08. The Labute approximate surface area is 119 Å². The van der Waals surface area contributed by atoms with Gasteiger partial charge in [0.25, 0.3) is 0 Å². The number of amides is 1. The maximum atomic E-state index is 13.3. The van der Waals surface area contributed by atoms with Crippen LogP contribution in [0.15, 0.2) is 23.1 Å². The van der Waals surface area contributed by atoms with Crippen molar-refractivity contribution < 1.29 is 23.1 Å². The zero-order valence-electron chi connectivity index (χ0n) is 10.9. The maximum absolute atomic E-state index is 13.3. The van der Waals surface area contributed by atoms with E-state index in [1.807, 2.05) is 0 Å². The summed E-state index contributed by atoms with van der Waals surface area (Å²) in [5.41, 5.74) is 0. The van der Waals surface area contributed by atoms with Crippen LogP contribution >= 0.6 is 11.8 Å². The van der Waals surface area contributed by atoms with Crippen molar-refractivity contribution in [3.8, 4) is 0 Å². The molecule has 0 unspecified atom stereocenters. The zero-order valence-corrected chi connectivity index (χ0v) is 11.8. The number of methoxy groups -OCH3 is 1. The minimum Gasteiger partial charge on any atom is -0.469 e. The second-order valence-corrected chi connectivity index (χ2v) is 4.91. The first-order valence-electron chi connectivity index (χ1n) is 5.94. The third-order valence-electron chi connectivity index (χ3n) is 2.36. The first kappa shape index (κ1) is 16.4. The molecule has 1 N–H and O–H groups in total. The smallest absolute Gasteiger partial charge is 0.305 e. The van der Waals surface area contributed by atoms with Gasteiger partial charge in [-0.3, -0.25) is 9.59 Å². The molecule has 0 aliphatic carbocycles. The lowest BCUT2D eigenvalue weighted by molar-refractivity contribution is -0.140. The fraction of sp³-hybridized carbons (Fsp3) is 0.385. The Morgan fingerprint density at radius 3 is 2.80 bits per heavy atom. The van der Waals surface area contributed by atoms with Crippen molar-refractivity contribution in [2.75, 3.05) is 19.4 Å². The van der Waals surface area contributed by atoms with Gasteiger partial charge in [-0.2, -0.15) is 0 Å². The summed E-state index contributed by atoms with van der Waals surface area (Å²) < 4.78 is 30.6. The number of hydrogen-bond acceptors (Lipinski definition) is 4. The molecular formula is C13H15F2NO3S. The largest absolute Gasteiger partial charge is 0.469 e. The molecule has 0 spiro atoms. The van der Waals surface area contributed by atoms with Gasteiger partial charge in [-0.05, 0) is 24.6 Å². The van der Waals surface area contributed by atoms with Crippen LogP contribution in [0.3, 0.4) is 0 Å². The van der Waals surface area contributed by atoms with Gasteiger partial charge in [0, 0.05) is 17.9 Å². The van der Waals surface area contributed by atoms with Crippen LogP contribution in [0.5, 0.6) is 0 Å². The molecule has 1 aromatic rings. The standard InChI is InChI=1S/C13H15F2NO3S/c1-19-13(18)3-2-6-16-12(17)8-20-11-7-9(14)4-5-10(11)15/h4-5,7H,2-3,6,8H2,1H3,(H,16,17). The third-order valence-corrected chi connectivity index (χ3v) is 3.39. The SMILES string of the molecule is COC(=O)CCCNC(=O)CSc1cc(F)ccc1F. The van der Waals surface area contributed by atoms with E-state index in [0.717, 1.165) is 30.0 Å². The Bertz CT molecular complexity index is 483. The zero-order chi connectivity index (χ0) is 15.0. The van der Waals surface area contributed by atoms with Crippen molar-refractivity contribution in [2.45, 2.75) is 17.7 Å². The van der Waals surface area contributed by atoms with Crippen LogP contribution in [-0.4, -0.2) is 31.3 Å². The number of ether oxygens (including phenoxy) is 1. The molecule has 0 saturated carbocycles. The number of rotatable bonds is 7. The van der Waals surface area contributed by atoms with E-state index >= 15 is 0 Å². The molecule has 0 radical (unpaired) electrons. The maximum Gasteiger partial charge on any atom is 0.305 e. The number of carbonyl (C=O) groups excluding carboxylic acids is 2. The van der Waals surface area contributed by atoms with Gasteiger partial charge < -0.3 is 10.1 Å². The lowest BCUT2D eigenvalue weighted by Gasteiger charge is -2.05. The van der Waals surface area contributed by atoms with Gasteiger partial charge in [0.1, 0.15) is 11.6 Å². The topological polar surface area (TPSA) is 55.4 Å². The average molecular weight is 303 g/mol. The Morgan fingerprint density at radius 2 is 2.10 bits per heavy atom. The predicted octanol–water partition coefficient (Wildman–Crippen LogP) is 2.13. The van der Waals surface area contributed by atoms with Crippen molar-refractivity contribution in [3.63, 3.8) is 0 Å². The lowest BCUT2D eigenvalue weighted by Crippen LogP contribution is -2.26. The summed E-state index contributed by atoms with van der Waals surface area (Å²) in [5.74, 6) is -1.76. The van der Waals surface area contributed by atoms with Gasteiger partial charge in [-0.25, -0.2) is 8.78 Å². The molecule has 0 aliphatic heterocycles. The Kier molecular flexibility index (Phi) is 7.00. The van der Waals surface area contributed by atoms with Gasteiger partial charge in [0.2, 0.25) is 5.91 Å². The number of benzene rings is 1. The molecule has 1 rings (SSSR count). The highest BCUT2D eigenvalue weighted by Crippen LogP contribution is 2.22. The van der Waals surface area contributed by atoms with E-state index in [4.69, 9.17) is 0 Å². The molecule has 0 aliphatic rings. The Hall–Kier alpha value is -1.63. The number of esters is 1. The predicted molar refractivity (Wildman–Crippen MR) is 71.3 cm³/mol. The van der Waals surface area contributed by atoms with Crippen molar-refractivity contribution in [3.05, 3.63) is 29.8 Å². The van der Waals surface area contributed by atoms with E-state index in [1.165, 1.54) is 7.11 Å². The summed E-state index contributed by atoms with van der Waals surface area (Å²) in [4.78, 5) is 22.4. The van der Waals surface area contributed by atoms with Crippen molar-refractivity contribution in [1.29, 1.82) is 0 Å². The molecule has 0 fully saturated rings. The van der Waals surface area contributed by atoms with Crippen molar-refractivity contribution in [1.82, 2.24) is 5.32 Å². The minimum absolute atomic E-state index is 0.0153. The molecule has 1 aromatic carbocycles. The molecule has 0 heterocycles. The number of hydrogen-bond donors (Lipinski definition) is 1. The van der Waals surface area contributed by atoms with E-state index < -0.39 is 11.6 Å². The van der Waals surface area contributed by atoms with E-state index in [9.17, 15) is 18.4 Å². The number of halogens is 2. The molecule has 0 saturated heterocycles. The van der Waals surface area contributed by atoms with E-state index in [0.29, 0.717) is 13.0 Å². The van der Waals surface area contributed by atoms with Crippen LogP contribution in [0, 0.1) is 11.6 Å². The van der Waals surface area contributed by atoms with Gasteiger partial charge in [-0.15, -0.1) is 11.8 Å². The van der Waals surface area contributed by atoms with E-state index in [-0.39, 0.29) is 28.9 Å². The highest BCUT2D eigenvalue weighted by atomic mass is 32.2. The summed E-state index contributed by atoms with van der Waals surface area (Å²) in [7, 11) is 1.30. The molecule has 0 atom stereocenters. The fourth-order valence-corrected chi connectivity index (χ4v) is 2.14. The molecule has 4 nitrogen and oxygen atoms in total. The van der Waals surface area contributed by atoms with Crippen LogP contribution < -0.4 is 5.32 Å². The van der Waals surface area contributed by atoms with Gasteiger partial charge >= 0.3 is 5.97 Å². The summed E-state index contributed by atoms with van der Waals surface area (Å²) in [6, 6.07) is 3.09. The van der Waals surface area contributed by atoms with Gasteiger partial charge in [0.15, 0.2) is 0 Å². The van der Waals surface area contributed by atoms with E-state index in [2.05, 4.69) is 10.1 Å². The normalized spacial score (nSPS) is 10.2. The number of carbonyl (C=O) groups is 2. The Morgan fingerprint density at radius 1 is 1.35 bits per heavy atom. The molecule has 20 heavy (non-hydrogen) atoms. The summed E-state index contributed by atoms with van der Waals surface area (Å²) in [6.07, 6.45) is 0.694. The molecular weight excluding hydrogens is 288 g/mol. The minimum atomic E-state index is -0.560. The van der Waals surface area contributed by atoms with Crippen LogP contribution in [0.4, 0.5) is 8.78 Å². The fourth-order valence-electron chi connectivity index (χ4n) is 1.34. The molecule has 110 valence electrons. The molecule has 1 amide bonds. The van der Waals surface area contributed by atoms with Crippen LogP contribution in [0.2, 0.25) is 0 Å². The Balaban J connectivity index is 2.26. The summed E-state index contributed by atoms with van der Waals surface area (Å²) in [6.45, 7) is 0.333. The first-order chi connectivity index (χ1) is 9.52. The van der Waals surface area contributed by atoms with Crippen molar-refractivity contribution >= 4 is 23.6 Å². The summed E-state index contributed by atoms with van der Waals surface area (Å²) in [5, 5.41) is 2.58. The van der Waals surface area contributed by atoms with Crippen LogP contribution in [0.25, 0.3) is 0 Å². The summed E-state index contributed by atoms with van der Waals surface area (Å²) >= 11 is 0.919. The lowest BCUT2D eigenvalue weighted by atomic mass is 10.3. The second-order valence-electron chi connectivity index (χ2n) is 3.89. The third kappa shape index (κ3) is 6.01. The molecule has 7 heteroatoms. The first-order valence-corrected chi connectivity index (χ1v) is 6.93. The van der Waals surface area contributed by atoms with Crippen LogP contribution in [0.1, 0.15) is 12.8 Å². The van der Waals surface area contributed by atoms with Crippen molar-refractivity contribution in [2.24, 2.45) is 0 Å². The average Bonchev–Trinajstić information content (AvgIpc) is 2.44. The van der Waals surface area contributed by atoms with E-state index in [1.54, 1.807) is 0 Å². The monoisotopic (exact) mass is 303 g/mol. The van der Waals surface area contributed by atoms with Crippen LogP contribution in [-0.2, 0) is 14.3 Å². The number of thioether (sulfide) groups is 1. The second kappa shape index (κ2) is 8.52. The van der Waals surface area contributed by atoms with Gasteiger partial charge in [-0.1, -0.05) is 0 Å². The number of nitrogens with one attached hydrogen (secondary N) is 1. The van der Waals surface area contributed by atoms with Gasteiger partial charge in [0.05, 0.1) is 12.9 Å².